The van der Waals surface area contributed by atoms with Gasteiger partial charge >= 0.3 is 5.69 Å². The number of hydrogen-bond donors (Lipinski definition) is 2. The van der Waals surface area contributed by atoms with Crippen LogP contribution in [0.2, 0.25) is 0 Å². The van der Waals surface area contributed by atoms with Crippen molar-refractivity contribution in [2.45, 2.75) is 39.3 Å². The van der Waals surface area contributed by atoms with Crippen LogP contribution in [0.15, 0.2) is 83.8 Å². The van der Waals surface area contributed by atoms with Crippen molar-refractivity contribution in [2.75, 3.05) is 13.1 Å². The highest BCUT2D eigenvalue weighted by atomic mass is 16.1. The van der Waals surface area contributed by atoms with Gasteiger partial charge < -0.3 is 4.98 Å². The van der Waals surface area contributed by atoms with Gasteiger partial charge in [0, 0.05) is 47.9 Å². The van der Waals surface area contributed by atoms with Crippen LogP contribution in [0.25, 0.3) is 50.5 Å². The molecule has 3 aromatic carbocycles. The topological polar surface area (TPSA) is 95.5 Å². The molecule has 1 aliphatic rings. The van der Waals surface area contributed by atoms with Crippen molar-refractivity contribution in [1.29, 1.82) is 0 Å². The Morgan fingerprint density at radius 2 is 1.62 bits per heavy atom. The number of imidazole rings is 1. The SMILES string of the molecule is C/C=C\c1c(C)[nH]c(=O)n1C1CCN(Cc2ccc(-c3nc4cc5cn[nH]c5cc4nc3-c3ccccc3)cc2)CC1. The molecule has 0 spiro atoms. The van der Waals surface area contributed by atoms with Gasteiger partial charge in [-0.2, -0.15) is 5.10 Å². The van der Waals surface area contributed by atoms with Gasteiger partial charge in [-0.1, -0.05) is 60.7 Å². The molecule has 42 heavy (non-hydrogen) atoms. The Kier molecular flexibility index (Phi) is 6.76. The number of aryl methyl sites for hydroxylation is 1. The van der Waals surface area contributed by atoms with Crippen LogP contribution in [0.5, 0.6) is 0 Å². The third-order valence-corrected chi connectivity index (χ3v) is 8.31. The highest BCUT2D eigenvalue weighted by molar-refractivity contribution is 5.95. The lowest BCUT2D eigenvalue weighted by atomic mass is 10.0. The molecule has 0 unspecified atom stereocenters. The van der Waals surface area contributed by atoms with E-state index in [1.54, 1.807) is 0 Å². The molecule has 210 valence electrons. The Bertz CT molecular complexity index is 1960. The average Bonchev–Trinajstić information content (AvgIpc) is 3.59. The van der Waals surface area contributed by atoms with Crippen LogP contribution in [0.3, 0.4) is 0 Å². The summed E-state index contributed by atoms with van der Waals surface area (Å²) in [6.45, 7) is 6.74. The molecule has 0 saturated carbocycles. The summed E-state index contributed by atoms with van der Waals surface area (Å²) in [4.78, 5) is 28.3. The lowest BCUT2D eigenvalue weighted by Crippen LogP contribution is -2.37. The summed E-state index contributed by atoms with van der Waals surface area (Å²) >= 11 is 0. The highest BCUT2D eigenvalue weighted by Gasteiger charge is 2.24. The number of benzene rings is 3. The number of likely N-dealkylation sites (tertiary alicyclic amines) is 1. The van der Waals surface area contributed by atoms with E-state index < -0.39 is 0 Å². The lowest BCUT2D eigenvalue weighted by Gasteiger charge is -2.32. The number of aromatic amines is 2. The van der Waals surface area contributed by atoms with E-state index >= 15 is 0 Å². The number of rotatable bonds is 6. The quantitative estimate of drug-likeness (QED) is 0.244. The van der Waals surface area contributed by atoms with E-state index in [0.717, 1.165) is 88.3 Å². The molecule has 0 atom stereocenters. The summed E-state index contributed by atoms with van der Waals surface area (Å²) in [5.74, 6) is 0. The van der Waals surface area contributed by atoms with Gasteiger partial charge in [-0.25, -0.2) is 14.8 Å². The smallest absolute Gasteiger partial charge is 0.310 e. The Hall–Kier alpha value is -4.82. The van der Waals surface area contributed by atoms with Gasteiger partial charge in [0.2, 0.25) is 0 Å². The minimum atomic E-state index is -0.00418. The normalized spacial score (nSPS) is 14.9. The minimum absolute atomic E-state index is 0.00418. The molecule has 8 nitrogen and oxygen atoms in total. The van der Waals surface area contributed by atoms with Crippen LogP contribution in [0.4, 0.5) is 0 Å². The standard InChI is InChI=1S/C34H33N7O/c1-3-7-31-22(2)36-34(42)41(31)27-14-16-40(17-15-27)21-23-10-12-25(13-11-23)33-32(24-8-5-4-6-9-24)38-30-19-28-26(20-35-39-28)18-29(30)37-33/h3-13,18-20,27H,14-17,21H2,1-2H3,(H,35,39)(H,36,42)/b7-3-. The van der Waals surface area contributed by atoms with Crippen molar-refractivity contribution < 1.29 is 0 Å². The maximum absolute atomic E-state index is 12.6. The number of piperidine rings is 1. The lowest BCUT2D eigenvalue weighted by molar-refractivity contribution is 0.177. The number of H-pyrrole nitrogens is 2. The second kappa shape index (κ2) is 10.9. The van der Waals surface area contributed by atoms with Crippen molar-refractivity contribution in [3.05, 3.63) is 106 Å². The summed E-state index contributed by atoms with van der Waals surface area (Å²) in [5, 5.41) is 8.23. The summed E-state index contributed by atoms with van der Waals surface area (Å²) < 4.78 is 1.95. The summed E-state index contributed by atoms with van der Waals surface area (Å²) in [6, 6.07) is 23.2. The molecule has 1 fully saturated rings. The van der Waals surface area contributed by atoms with Gasteiger partial charge in [-0.05, 0) is 50.5 Å². The Labute approximate surface area is 243 Å². The zero-order valence-corrected chi connectivity index (χ0v) is 23.8. The van der Waals surface area contributed by atoms with Crippen molar-refractivity contribution in [3.63, 3.8) is 0 Å². The number of fused-ring (bicyclic) bond motifs is 2. The van der Waals surface area contributed by atoms with Gasteiger partial charge in [0.05, 0.1) is 39.8 Å². The minimum Gasteiger partial charge on any atom is -0.310 e. The first kappa shape index (κ1) is 26.1. The highest BCUT2D eigenvalue weighted by Crippen LogP contribution is 2.32. The molecule has 4 heterocycles. The molecule has 1 aliphatic heterocycles. The van der Waals surface area contributed by atoms with Crippen LogP contribution in [-0.4, -0.2) is 47.7 Å². The van der Waals surface area contributed by atoms with Crippen LogP contribution in [0, 0.1) is 6.92 Å². The summed E-state index contributed by atoms with van der Waals surface area (Å²) in [5.41, 5.74) is 9.63. The molecule has 2 N–H and O–H groups in total. The second-order valence-electron chi connectivity index (χ2n) is 11.1. The molecular formula is C34H33N7O. The third kappa shape index (κ3) is 4.84. The Morgan fingerprint density at radius 3 is 2.33 bits per heavy atom. The van der Waals surface area contributed by atoms with E-state index in [2.05, 4.69) is 56.5 Å². The van der Waals surface area contributed by atoms with E-state index in [0.29, 0.717) is 0 Å². The zero-order chi connectivity index (χ0) is 28.6. The fourth-order valence-electron chi connectivity index (χ4n) is 6.15. The molecule has 0 amide bonds. The molecule has 0 radical (unpaired) electrons. The van der Waals surface area contributed by atoms with Gasteiger partial charge in [-0.15, -0.1) is 0 Å². The first-order chi connectivity index (χ1) is 20.6. The molecule has 7 rings (SSSR count). The zero-order valence-electron chi connectivity index (χ0n) is 23.8. The van der Waals surface area contributed by atoms with E-state index in [-0.39, 0.29) is 11.7 Å². The van der Waals surface area contributed by atoms with E-state index in [4.69, 9.17) is 9.97 Å². The largest absolute Gasteiger partial charge is 0.326 e. The first-order valence-corrected chi connectivity index (χ1v) is 14.5. The molecular weight excluding hydrogens is 522 g/mol. The van der Waals surface area contributed by atoms with Gasteiger partial charge in [-0.3, -0.25) is 14.6 Å². The molecule has 1 saturated heterocycles. The van der Waals surface area contributed by atoms with Crippen molar-refractivity contribution in [3.8, 4) is 22.5 Å². The van der Waals surface area contributed by atoms with E-state index in [9.17, 15) is 4.79 Å². The molecule has 0 bridgehead atoms. The van der Waals surface area contributed by atoms with Crippen LogP contribution in [0.1, 0.15) is 42.8 Å². The van der Waals surface area contributed by atoms with Gasteiger partial charge in [0.1, 0.15) is 0 Å². The molecule has 8 heteroatoms. The molecule has 3 aromatic heterocycles. The predicted octanol–water partition coefficient (Wildman–Crippen LogP) is 6.51. The Morgan fingerprint density at radius 1 is 0.929 bits per heavy atom. The van der Waals surface area contributed by atoms with E-state index in [1.165, 1.54) is 5.56 Å². The average molecular weight is 556 g/mol. The van der Waals surface area contributed by atoms with Crippen LogP contribution >= 0.6 is 0 Å². The number of hydrogen-bond acceptors (Lipinski definition) is 5. The van der Waals surface area contributed by atoms with Crippen molar-refractivity contribution in [2.24, 2.45) is 0 Å². The first-order valence-electron chi connectivity index (χ1n) is 14.5. The van der Waals surface area contributed by atoms with Crippen molar-refractivity contribution >= 4 is 28.0 Å². The predicted molar refractivity (Wildman–Crippen MR) is 168 cm³/mol. The fraction of sp³-hybridized carbons (Fsp3) is 0.235. The number of allylic oxidation sites excluding steroid dienone is 1. The summed E-state index contributed by atoms with van der Waals surface area (Å²) in [7, 11) is 0. The molecule has 6 aromatic rings. The van der Waals surface area contributed by atoms with Crippen LogP contribution in [-0.2, 0) is 6.54 Å². The number of nitrogens with one attached hydrogen (secondary N) is 2. The van der Waals surface area contributed by atoms with Crippen molar-refractivity contribution in [1.82, 2.24) is 34.6 Å². The van der Waals surface area contributed by atoms with E-state index in [1.807, 2.05) is 67.1 Å². The molecule has 0 aliphatic carbocycles. The Balaban J connectivity index is 1.13. The monoisotopic (exact) mass is 555 g/mol. The fourth-order valence-corrected chi connectivity index (χ4v) is 6.15. The number of aromatic nitrogens is 6. The summed E-state index contributed by atoms with van der Waals surface area (Å²) in [6.07, 6.45) is 7.75. The maximum atomic E-state index is 12.6. The third-order valence-electron chi connectivity index (χ3n) is 8.31. The number of nitrogens with zero attached hydrogens (tertiary/aromatic N) is 5. The van der Waals surface area contributed by atoms with Gasteiger partial charge in [0.25, 0.3) is 0 Å². The second-order valence-corrected chi connectivity index (χ2v) is 11.1. The maximum Gasteiger partial charge on any atom is 0.326 e. The van der Waals surface area contributed by atoms with Gasteiger partial charge in [0.15, 0.2) is 0 Å². The van der Waals surface area contributed by atoms with Crippen LogP contribution < -0.4 is 5.69 Å².